The quantitative estimate of drug-likeness (QED) is 0.360. The van der Waals surface area contributed by atoms with Crippen molar-refractivity contribution in [2.45, 2.75) is 45.4 Å². The molecule has 1 aliphatic carbocycles. The Morgan fingerprint density at radius 2 is 1.48 bits per heavy atom. The molecular formula is C27H26N2. The Kier molecular flexibility index (Phi) is 3.73. The van der Waals surface area contributed by atoms with Crippen LogP contribution in [-0.4, -0.2) is 9.97 Å². The molecule has 1 heterocycles. The molecule has 4 aromatic rings. The smallest absolute Gasteiger partial charge is 0.116 e. The minimum Gasteiger partial charge on any atom is -0.240 e. The van der Waals surface area contributed by atoms with Crippen molar-refractivity contribution in [2.24, 2.45) is 0 Å². The number of fused-ring (bicyclic) bond motifs is 5. The first-order chi connectivity index (χ1) is 13.8. The molecule has 0 unspecified atom stereocenters. The largest absolute Gasteiger partial charge is 0.240 e. The summed E-state index contributed by atoms with van der Waals surface area (Å²) in [5.74, 6) is 0. The molecule has 1 aromatic heterocycles. The van der Waals surface area contributed by atoms with Crippen molar-refractivity contribution in [3.8, 4) is 22.4 Å². The Hall–Kier alpha value is -3.00. The van der Waals surface area contributed by atoms with Crippen LogP contribution in [0.4, 0.5) is 0 Å². The number of hydrogen-bond donors (Lipinski definition) is 0. The van der Waals surface area contributed by atoms with Crippen LogP contribution in [0.2, 0.25) is 0 Å². The second-order valence-corrected chi connectivity index (χ2v) is 9.61. The molecule has 1 aliphatic rings. The fraction of sp³-hybridized carbons (Fsp3) is 0.259. The molecule has 0 saturated heterocycles. The lowest BCUT2D eigenvalue weighted by Crippen LogP contribution is -2.16. The van der Waals surface area contributed by atoms with Gasteiger partial charge >= 0.3 is 0 Å². The van der Waals surface area contributed by atoms with Gasteiger partial charge in [-0.05, 0) is 32.9 Å². The van der Waals surface area contributed by atoms with Crippen LogP contribution in [0.15, 0.2) is 67.0 Å². The molecule has 2 heteroatoms. The van der Waals surface area contributed by atoms with Gasteiger partial charge in [-0.3, -0.25) is 0 Å². The zero-order valence-electron chi connectivity index (χ0n) is 17.7. The standard InChI is InChI=1S/C27H26N2/c1-26(2,3)19-13-10-18(11-14-19)24-23-22-20-9-7-6-8-17(20)12-15-21(22)27(4,5)25(23)29-16-28-24/h6-16H,1-5H3. The summed E-state index contributed by atoms with van der Waals surface area (Å²) < 4.78 is 0. The van der Waals surface area contributed by atoms with Gasteiger partial charge in [-0.1, -0.05) is 95.3 Å². The number of rotatable bonds is 1. The maximum absolute atomic E-state index is 4.77. The van der Waals surface area contributed by atoms with E-state index in [4.69, 9.17) is 9.97 Å². The Morgan fingerprint density at radius 3 is 2.21 bits per heavy atom. The van der Waals surface area contributed by atoms with Gasteiger partial charge in [-0.15, -0.1) is 0 Å². The lowest BCUT2D eigenvalue weighted by atomic mass is 9.84. The second-order valence-electron chi connectivity index (χ2n) is 9.61. The molecule has 0 bridgehead atoms. The minimum absolute atomic E-state index is 0.136. The van der Waals surface area contributed by atoms with Crippen molar-refractivity contribution < 1.29 is 0 Å². The first kappa shape index (κ1) is 18.1. The van der Waals surface area contributed by atoms with Gasteiger partial charge in [0.1, 0.15) is 6.33 Å². The normalized spacial score (nSPS) is 14.7. The topological polar surface area (TPSA) is 25.8 Å². The van der Waals surface area contributed by atoms with Crippen LogP contribution in [0.5, 0.6) is 0 Å². The predicted molar refractivity (Wildman–Crippen MR) is 121 cm³/mol. The molecule has 0 spiro atoms. The molecule has 0 radical (unpaired) electrons. The number of benzene rings is 3. The van der Waals surface area contributed by atoms with Gasteiger partial charge in [0.05, 0.1) is 11.4 Å². The summed E-state index contributed by atoms with van der Waals surface area (Å²) in [6.45, 7) is 11.3. The Morgan fingerprint density at radius 1 is 0.759 bits per heavy atom. The summed E-state index contributed by atoms with van der Waals surface area (Å²) in [5, 5.41) is 2.53. The number of nitrogens with zero attached hydrogens (tertiary/aromatic N) is 2. The molecule has 0 amide bonds. The van der Waals surface area contributed by atoms with E-state index in [9.17, 15) is 0 Å². The van der Waals surface area contributed by atoms with Gasteiger partial charge in [0.15, 0.2) is 0 Å². The fourth-order valence-electron chi connectivity index (χ4n) is 4.63. The van der Waals surface area contributed by atoms with Crippen molar-refractivity contribution >= 4 is 10.8 Å². The van der Waals surface area contributed by atoms with E-state index < -0.39 is 0 Å². The Labute approximate surface area is 172 Å². The van der Waals surface area contributed by atoms with Crippen molar-refractivity contribution in [3.63, 3.8) is 0 Å². The van der Waals surface area contributed by atoms with Crippen molar-refractivity contribution in [3.05, 3.63) is 83.8 Å². The van der Waals surface area contributed by atoms with Crippen LogP contribution in [0, 0.1) is 0 Å². The number of aromatic nitrogens is 2. The summed E-state index contributed by atoms with van der Waals surface area (Å²) in [4.78, 5) is 9.54. The first-order valence-corrected chi connectivity index (χ1v) is 10.3. The van der Waals surface area contributed by atoms with E-state index in [-0.39, 0.29) is 10.8 Å². The van der Waals surface area contributed by atoms with Crippen LogP contribution >= 0.6 is 0 Å². The van der Waals surface area contributed by atoms with Gasteiger partial charge < -0.3 is 0 Å². The maximum Gasteiger partial charge on any atom is 0.116 e. The first-order valence-electron chi connectivity index (χ1n) is 10.3. The van der Waals surface area contributed by atoms with E-state index in [2.05, 4.69) is 95.3 Å². The van der Waals surface area contributed by atoms with E-state index in [0.29, 0.717) is 0 Å². The van der Waals surface area contributed by atoms with E-state index in [1.807, 2.05) is 0 Å². The van der Waals surface area contributed by atoms with Crippen LogP contribution in [0.25, 0.3) is 33.2 Å². The monoisotopic (exact) mass is 378 g/mol. The Balaban J connectivity index is 1.81. The van der Waals surface area contributed by atoms with Gasteiger partial charge in [0.25, 0.3) is 0 Å². The summed E-state index contributed by atoms with van der Waals surface area (Å²) in [5.41, 5.74) is 8.43. The zero-order valence-corrected chi connectivity index (χ0v) is 17.7. The maximum atomic E-state index is 4.77. The van der Waals surface area contributed by atoms with E-state index in [1.54, 1.807) is 6.33 Å². The van der Waals surface area contributed by atoms with E-state index in [1.165, 1.54) is 33.0 Å². The third-order valence-electron chi connectivity index (χ3n) is 6.32. The third-order valence-corrected chi connectivity index (χ3v) is 6.32. The molecule has 0 N–H and O–H groups in total. The zero-order chi connectivity index (χ0) is 20.4. The molecule has 3 aromatic carbocycles. The highest BCUT2D eigenvalue weighted by molar-refractivity contribution is 6.05. The van der Waals surface area contributed by atoms with Crippen molar-refractivity contribution in [1.29, 1.82) is 0 Å². The molecule has 0 atom stereocenters. The number of hydrogen-bond acceptors (Lipinski definition) is 2. The minimum atomic E-state index is -0.141. The van der Waals surface area contributed by atoms with Gasteiger partial charge in [0, 0.05) is 16.5 Å². The second kappa shape index (κ2) is 6.00. The highest BCUT2D eigenvalue weighted by atomic mass is 14.9. The molecule has 29 heavy (non-hydrogen) atoms. The molecule has 0 fully saturated rings. The van der Waals surface area contributed by atoms with Crippen molar-refractivity contribution in [2.75, 3.05) is 0 Å². The summed E-state index contributed by atoms with van der Waals surface area (Å²) >= 11 is 0. The molecule has 0 aliphatic heterocycles. The highest BCUT2D eigenvalue weighted by Gasteiger charge is 2.39. The summed E-state index contributed by atoms with van der Waals surface area (Å²) in [6, 6.07) is 22.0. The molecule has 2 nitrogen and oxygen atoms in total. The average molecular weight is 379 g/mol. The van der Waals surface area contributed by atoms with Gasteiger partial charge in [-0.2, -0.15) is 0 Å². The lowest BCUT2D eigenvalue weighted by molar-refractivity contribution is 0.590. The molecule has 0 saturated carbocycles. The van der Waals surface area contributed by atoms with E-state index in [0.717, 1.165) is 17.0 Å². The van der Waals surface area contributed by atoms with E-state index >= 15 is 0 Å². The van der Waals surface area contributed by atoms with Crippen LogP contribution < -0.4 is 0 Å². The SMILES string of the molecule is CC(C)(C)c1ccc(-c2ncnc3c2-c2c(ccc4ccccc24)C3(C)C)cc1. The predicted octanol–water partition coefficient (Wildman–Crippen LogP) is 6.90. The molecule has 5 rings (SSSR count). The van der Waals surface area contributed by atoms with Gasteiger partial charge in [-0.25, -0.2) is 9.97 Å². The Bertz CT molecular complexity index is 1240. The average Bonchev–Trinajstić information content (AvgIpc) is 2.95. The van der Waals surface area contributed by atoms with Crippen molar-refractivity contribution in [1.82, 2.24) is 9.97 Å². The molecular weight excluding hydrogens is 352 g/mol. The summed E-state index contributed by atoms with van der Waals surface area (Å²) in [6.07, 6.45) is 1.72. The van der Waals surface area contributed by atoms with Crippen LogP contribution in [-0.2, 0) is 10.8 Å². The third kappa shape index (κ3) is 2.62. The van der Waals surface area contributed by atoms with Crippen LogP contribution in [0.1, 0.15) is 51.4 Å². The fourth-order valence-corrected chi connectivity index (χ4v) is 4.63. The molecule has 144 valence electrons. The lowest BCUT2D eigenvalue weighted by Gasteiger charge is -2.20. The van der Waals surface area contributed by atoms with Gasteiger partial charge in [0.2, 0.25) is 0 Å². The highest BCUT2D eigenvalue weighted by Crippen LogP contribution is 2.52. The van der Waals surface area contributed by atoms with Crippen LogP contribution in [0.3, 0.4) is 0 Å². The summed E-state index contributed by atoms with van der Waals surface area (Å²) in [7, 11) is 0.